The molecule has 1 unspecified atom stereocenters. The van der Waals surface area contributed by atoms with Crippen molar-refractivity contribution < 1.29 is 9.59 Å². The number of nitrogens with zero attached hydrogens (tertiary/aromatic N) is 2. The maximum Gasteiger partial charge on any atom is 0.237 e. The molecule has 0 aromatic rings. The minimum atomic E-state index is -0.110. The molecule has 2 aliphatic rings. The molecule has 0 aromatic carbocycles. The van der Waals surface area contributed by atoms with Crippen LogP contribution in [0.15, 0.2) is 0 Å². The molecule has 0 saturated carbocycles. The maximum atomic E-state index is 12.3. The van der Waals surface area contributed by atoms with Gasteiger partial charge < -0.3 is 4.90 Å². The highest BCUT2D eigenvalue weighted by molar-refractivity contribution is 5.80. The molecule has 0 aliphatic carbocycles. The third-order valence-corrected chi connectivity index (χ3v) is 4.97. The van der Waals surface area contributed by atoms with Crippen LogP contribution in [0.5, 0.6) is 0 Å². The van der Waals surface area contributed by atoms with Crippen LogP contribution in [0.1, 0.15) is 33.1 Å². The molecule has 1 atom stereocenters. The molecule has 2 fully saturated rings. The van der Waals surface area contributed by atoms with Gasteiger partial charge in [0.15, 0.2) is 0 Å². The number of nitrogens with one attached hydrogen (secondary N) is 1. The molecule has 2 saturated heterocycles. The van der Waals surface area contributed by atoms with Crippen LogP contribution in [0.2, 0.25) is 0 Å². The monoisotopic (exact) mass is 296 g/mol. The number of likely N-dealkylation sites (tertiary alicyclic amines) is 2. The number of carbonyl (C=O) groups excluding carboxylic acids is 2. The molecule has 0 radical (unpaired) electrons. The highest BCUT2D eigenvalue weighted by Gasteiger charge is 2.30. The van der Waals surface area contributed by atoms with Gasteiger partial charge in [0.1, 0.15) is 0 Å². The van der Waals surface area contributed by atoms with Crippen molar-refractivity contribution in [3.05, 3.63) is 0 Å². The van der Waals surface area contributed by atoms with Gasteiger partial charge in [0.2, 0.25) is 11.8 Å². The number of amides is 2. The Morgan fingerprint density at radius 3 is 2.38 bits per heavy atom. The molecule has 21 heavy (non-hydrogen) atoms. The van der Waals surface area contributed by atoms with Gasteiger partial charge in [-0.15, -0.1) is 0 Å². The van der Waals surface area contributed by atoms with Crippen LogP contribution in [0.25, 0.3) is 0 Å². The van der Waals surface area contributed by atoms with E-state index in [2.05, 4.69) is 24.2 Å². The quantitative estimate of drug-likeness (QED) is 0.441. The largest absolute Gasteiger partial charge is 0.342 e. The fourth-order valence-corrected chi connectivity index (χ4v) is 3.35. The van der Waals surface area contributed by atoms with Crippen molar-refractivity contribution in [3.8, 4) is 0 Å². The van der Waals surface area contributed by atoms with Crippen LogP contribution in [0.4, 0.5) is 0 Å². The van der Waals surface area contributed by atoms with Crippen molar-refractivity contribution in [1.29, 1.82) is 0 Å². The fraction of sp³-hybridized carbons (Fsp3) is 0.867. The van der Waals surface area contributed by atoms with Gasteiger partial charge in [-0.25, -0.2) is 5.84 Å². The third kappa shape index (κ3) is 4.17. The summed E-state index contributed by atoms with van der Waals surface area (Å²) >= 11 is 0. The van der Waals surface area contributed by atoms with Crippen LogP contribution in [0.3, 0.4) is 0 Å². The number of hydrogen-bond acceptors (Lipinski definition) is 4. The summed E-state index contributed by atoms with van der Waals surface area (Å²) in [6.07, 6.45) is 2.62. The normalized spacial score (nSPS) is 24.6. The summed E-state index contributed by atoms with van der Waals surface area (Å²) < 4.78 is 0. The minimum Gasteiger partial charge on any atom is -0.342 e. The van der Waals surface area contributed by atoms with E-state index in [0.29, 0.717) is 38.4 Å². The second-order valence-corrected chi connectivity index (χ2v) is 6.69. The minimum absolute atomic E-state index is 0.0452. The zero-order chi connectivity index (χ0) is 15.4. The van der Waals surface area contributed by atoms with E-state index in [9.17, 15) is 9.59 Å². The van der Waals surface area contributed by atoms with Gasteiger partial charge in [-0.05, 0) is 37.6 Å². The molecule has 0 bridgehead atoms. The Hall–Kier alpha value is -1.14. The van der Waals surface area contributed by atoms with Crippen molar-refractivity contribution in [3.63, 3.8) is 0 Å². The number of rotatable bonds is 4. The Balaban J connectivity index is 1.74. The lowest BCUT2D eigenvalue weighted by Crippen LogP contribution is -2.47. The summed E-state index contributed by atoms with van der Waals surface area (Å²) in [4.78, 5) is 28.0. The molecule has 2 amide bonds. The molecular weight excluding hydrogens is 268 g/mol. The van der Waals surface area contributed by atoms with Crippen molar-refractivity contribution in [2.45, 2.75) is 33.1 Å². The van der Waals surface area contributed by atoms with E-state index in [0.717, 1.165) is 19.0 Å². The highest BCUT2D eigenvalue weighted by atomic mass is 16.2. The summed E-state index contributed by atoms with van der Waals surface area (Å²) in [5, 5.41) is 0. The van der Waals surface area contributed by atoms with Crippen LogP contribution in [-0.2, 0) is 9.59 Å². The molecule has 6 nitrogen and oxygen atoms in total. The zero-order valence-corrected chi connectivity index (χ0v) is 13.2. The van der Waals surface area contributed by atoms with E-state index in [-0.39, 0.29) is 17.7 Å². The van der Waals surface area contributed by atoms with Gasteiger partial charge in [0.05, 0.1) is 6.54 Å². The number of nitrogens with two attached hydrogens (primary N) is 1. The average Bonchev–Trinajstić information content (AvgIpc) is 2.95. The van der Waals surface area contributed by atoms with Gasteiger partial charge in [-0.2, -0.15) is 0 Å². The van der Waals surface area contributed by atoms with E-state index in [1.165, 1.54) is 6.42 Å². The summed E-state index contributed by atoms with van der Waals surface area (Å²) in [5.74, 6) is 6.61. The molecule has 2 rings (SSSR count). The number of hydrazine groups is 1. The van der Waals surface area contributed by atoms with Gasteiger partial charge in [0.25, 0.3) is 0 Å². The van der Waals surface area contributed by atoms with Gasteiger partial charge in [0, 0.05) is 25.6 Å². The van der Waals surface area contributed by atoms with E-state index < -0.39 is 0 Å². The van der Waals surface area contributed by atoms with Crippen molar-refractivity contribution in [2.75, 3.05) is 32.7 Å². The lowest BCUT2D eigenvalue weighted by Gasteiger charge is -2.32. The fourth-order valence-electron chi connectivity index (χ4n) is 3.35. The Morgan fingerprint density at radius 2 is 1.86 bits per heavy atom. The number of carbonyl (C=O) groups is 2. The first-order valence-corrected chi connectivity index (χ1v) is 8.01. The van der Waals surface area contributed by atoms with Crippen LogP contribution < -0.4 is 11.3 Å². The van der Waals surface area contributed by atoms with E-state index in [1.54, 1.807) is 0 Å². The highest BCUT2D eigenvalue weighted by Crippen LogP contribution is 2.24. The molecular formula is C15H28N4O2. The third-order valence-electron chi connectivity index (χ3n) is 4.97. The SMILES string of the molecule is CC(C)C1CCN(CC(=O)N2CCC(C(=O)NN)CC2)C1. The van der Waals surface area contributed by atoms with Crippen LogP contribution in [-0.4, -0.2) is 54.3 Å². The molecule has 3 N–H and O–H groups in total. The maximum absolute atomic E-state index is 12.3. The van der Waals surface area contributed by atoms with Crippen molar-refractivity contribution in [2.24, 2.45) is 23.6 Å². The molecule has 6 heteroatoms. The molecule has 2 aliphatic heterocycles. The summed E-state index contributed by atoms with van der Waals surface area (Å²) in [7, 11) is 0. The summed E-state index contributed by atoms with van der Waals surface area (Å²) in [6.45, 7) is 8.43. The van der Waals surface area contributed by atoms with Crippen molar-refractivity contribution in [1.82, 2.24) is 15.2 Å². The Kier molecular flexibility index (Phi) is 5.58. The predicted molar refractivity (Wildman–Crippen MR) is 81.0 cm³/mol. The van der Waals surface area contributed by atoms with E-state index >= 15 is 0 Å². The zero-order valence-electron chi connectivity index (χ0n) is 13.2. The lowest BCUT2D eigenvalue weighted by atomic mass is 9.95. The first-order valence-electron chi connectivity index (χ1n) is 8.01. The Bertz CT molecular complexity index is 378. The second-order valence-electron chi connectivity index (χ2n) is 6.69. The average molecular weight is 296 g/mol. The second kappa shape index (κ2) is 7.22. The summed E-state index contributed by atoms with van der Waals surface area (Å²) in [6, 6.07) is 0. The number of piperidine rings is 1. The standard InChI is InChI=1S/C15H28N4O2/c1-11(2)13-3-6-18(9-13)10-14(20)19-7-4-12(5-8-19)15(21)17-16/h11-13H,3-10,16H2,1-2H3,(H,17,21). The Morgan fingerprint density at radius 1 is 1.19 bits per heavy atom. The summed E-state index contributed by atoms with van der Waals surface area (Å²) in [5.41, 5.74) is 2.20. The molecule has 0 aromatic heterocycles. The molecule has 120 valence electrons. The Labute approximate surface area is 127 Å². The topological polar surface area (TPSA) is 78.7 Å². The predicted octanol–water partition coefficient (Wildman–Crippen LogP) is 0.193. The first-order chi connectivity index (χ1) is 10.0. The van der Waals surface area contributed by atoms with Crippen LogP contribution in [0, 0.1) is 17.8 Å². The van der Waals surface area contributed by atoms with E-state index in [4.69, 9.17) is 5.84 Å². The molecule has 0 spiro atoms. The van der Waals surface area contributed by atoms with E-state index in [1.807, 2.05) is 4.90 Å². The van der Waals surface area contributed by atoms with Crippen LogP contribution >= 0.6 is 0 Å². The number of hydrogen-bond donors (Lipinski definition) is 2. The van der Waals surface area contributed by atoms with Crippen molar-refractivity contribution >= 4 is 11.8 Å². The molecule has 2 heterocycles. The first kappa shape index (κ1) is 16.2. The van der Waals surface area contributed by atoms with Gasteiger partial charge in [-0.3, -0.25) is 19.9 Å². The van der Waals surface area contributed by atoms with Gasteiger partial charge in [-0.1, -0.05) is 13.8 Å². The smallest absolute Gasteiger partial charge is 0.237 e. The van der Waals surface area contributed by atoms with Gasteiger partial charge >= 0.3 is 0 Å². The lowest BCUT2D eigenvalue weighted by molar-refractivity contribution is -0.136.